The largest absolute Gasteiger partial charge is 0.483 e. The zero-order chi connectivity index (χ0) is 14.8. The highest BCUT2D eigenvalue weighted by Gasteiger charge is 2.18. The minimum absolute atomic E-state index is 0.0216. The van der Waals surface area contributed by atoms with Gasteiger partial charge in [-0.25, -0.2) is 9.37 Å². The second-order valence-corrected chi connectivity index (χ2v) is 7.03. The fourth-order valence-corrected chi connectivity index (χ4v) is 3.05. The van der Waals surface area contributed by atoms with Gasteiger partial charge < -0.3 is 4.74 Å². The zero-order valence-electron chi connectivity index (χ0n) is 11.7. The van der Waals surface area contributed by atoms with E-state index in [1.165, 1.54) is 6.07 Å². The maximum absolute atomic E-state index is 13.8. The number of para-hydroxylation sites is 1. The SMILES string of the molecule is CC(C)(C)c1csc(COc2c(F)cccc2CBr)n1. The third-order valence-corrected chi connectivity index (χ3v) is 4.28. The molecular formula is C15H17BrFNOS. The summed E-state index contributed by atoms with van der Waals surface area (Å²) in [6.45, 7) is 6.65. The van der Waals surface area contributed by atoms with Crippen molar-refractivity contribution >= 4 is 27.3 Å². The number of aromatic nitrogens is 1. The van der Waals surface area contributed by atoms with Gasteiger partial charge in [-0.3, -0.25) is 0 Å². The number of thiazole rings is 1. The normalized spacial score (nSPS) is 11.7. The lowest BCUT2D eigenvalue weighted by molar-refractivity contribution is 0.287. The average molecular weight is 358 g/mol. The predicted octanol–water partition coefficient (Wildman–Crippen LogP) is 5.05. The summed E-state index contributed by atoms with van der Waals surface area (Å²) in [7, 11) is 0. The molecule has 5 heteroatoms. The Morgan fingerprint density at radius 3 is 2.70 bits per heavy atom. The van der Waals surface area contributed by atoms with E-state index >= 15 is 0 Å². The Labute approximate surface area is 131 Å². The van der Waals surface area contributed by atoms with Crippen LogP contribution in [0, 0.1) is 5.82 Å². The molecule has 108 valence electrons. The van der Waals surface area contributed by atoms with Crippen LogP contribution in [0.15, 0.2) is 23.6 Å². The quantitative estimate of drug-likeness (QED) is 0.714. The molecule has 0 aliphatic heterocycles. The molecule has 0 N–H and O–H groups in total. The van der Waals surface area contributed by atoms with Gasteiger partial charge in [0.05, 0.1) is 5.69 Å². The van der Waals surface area contributed by atoms with Crippen LogP contribution in [0.3, 0.4) is 0 Å². The number of alkyl halides is 1. The Balaban J connectivity index is 2.11. The van der Waals surface area contributed by atoms with Crippen LogP contribution in [0.5, 0.6) is 5.75 Å². The van der Waals surface area contributed by atoms with Crippen LogP contribution in [0.25, 0.3) is 0 Å². The van der Waals surface area contributed by atoms with Crippen LogP contribution in [0.1, 0.15) is 37.0 Å². The van der Waals surface area contributed by atoms with Gasteiger partial charge in [0.2, 0.25) is 0 Å². The molecule has 0 bridgehead atoms. The summed E-state index contributed by atoms with van der Waals surface area (Å²) in [6, 6.07) is 4.93. The Kier molecular flexibility index (Phi) is 4.81. The summed E-state index contributed by atoms with van der Waals surface area (Å²) in [6.07, 6.45) is 0. The maximum Gasteiger partial charge on any atom is 0.165 e. The fourth-order valence-electron chi connectivity index (χ4n) is 1.68. The summed E-state index contributed by atoms with van der Waals surface area (Å²) in [4.78, 5) is 4.54. The van der Waals surface area contributed by atoms with Gasteiger partial charge in [0.25, 0.3) is 0 Å². The molecule has 0 saturated heterocycles. The second-order valence-electron chi connectivity index (χ2n) is 5.53. The Bertz CT molecular complexity index is 592. The minimum Gasteiger partial charge on any atom is -0.483 e. The van der Waals surface area contributed by atoms with E-state index in [9.17, 15) is 4.39 Å². The average Bonchev–Trinajstić information content (AvgIpc) is 2.85. The molecule has 0 aliphatic rings. The lowest BCUT2D eigenvalue weighted by atomic mass is 9.93. The number of benzene rings is 1. The van der Waals surface area contributed by atoms with Gasteiger partial charge in [-0.15, -0.1) is 11.3 Å². The van der Waals surface area contributed by atoms with Crippen molar-refractivity contribution in [3.8, 4) is 5.75 Å². The van der Waals surface area contributed by atoms with E-state index in [2.05, 4.69) is 41.7 Å². The molecule has 0 atom stereocenters. The van der Waals surface area contributed by atoms with Gasteiger partial charge in [-0.05, 0) is 6.07 Å². The topological polar surface area (TPSA) is 22.1 Å². The van der Waals surface area contributed by atoms with Gasteiger partial charge in [0, 0.05) is 21.7 Å². The van der Waals surface area contributed by atoms with Crippen LogP contribution in [0.4, 0.5) is 4.39 Å². The molecule has 2 aromatic rings. The van der Waals surface area contributed by atoms with Crippen molar-refractivity contribution in [2.24, 2.45) is 0 Å². The predicted molar refractivity (Wildman–Crippen MR) is 84.2 cm³/mol. The van der Waals surface area contributed by atoms with Crippen molar-refractivity contribution in [3.63, 3.8) is 0 Å². The van der Waals surface area contributed by atoms with E-state index in [0.717, 1.165) is 16.3 Å². The van der Waals surface area contributed by atoms with E-state index < -0.39 is 0 Å². The first-order chi connectivity index (χ1) is 9.41. The molecule has 1 aromatic carbocycles. The number of hydrogen-bond donors (Lipinski definition) is 0. The number of rotatable bonds is 4. The van der Waals surface area contributed by atoms with Crippen LogP contribution >= 0.6 is 27.3 Å². The number of halogens is 2. The molecule has 2 rings (SSSR count). The van der Waals surface area contributed by atoms with Crippen LogP contribution in [-0.4, -0.2) is 4.98 Å². The van der Waals surface area contributed by atoms with Crippen LogP contribution in [-0.2, 0) is 17.4 Å². The molecule has 0 aliphatic carbocycles. The van der Waals surface area contributed by atoms with E-state index in [1.54, 1.807) is 17.4 Å². The van der Waals surface area contributed by atoms with Gasteiger partial charge in [-0.1, -0.05) is 48.8 Å². The Hall–Kier alpha value is -0.940. The van der Waals surface area contributed by atoms with Gasteiger partial charge in [0.15, 0.2) is 11.6 Å². The monoisotopic (exact) mass is 357 g/mol. The Morgan fingerprint density at radius 1 is 1.35 bits per heavy atom. The highest BCUT2D eigenvalue weighted by atomic mass is 79.9. The fraction of sp³-hybridized carbons (Fsp3) is 0.400. The molecular weight excluding hydrogens is 341 g/mol. The molecule has 20 heavy (non-hydrogen) atoms. The van der Waals surface area contributed by atoms with Crippen molar-refractivity contribution < 1.29 is 9.13 Å². The van der Waals surface area contributed by atoms with E-state index in [4.69, 9.17) is 4.74 Å². The number of ether oxygens (including phenoxy) is 1. The van der Waals surface area contributed by atoms with Crippen molar-refractivity contribution in [1.29, 1.82) is 0 Å². The first-order valence-corrected chi connectivity index (χ1v) is 8.33. The molecule has 2 nitrogen and oxygen atoms in total. The second kappa shape index (κ2) is 6.22. The highest BCUT2D eigenvalue weighted by Crippen LogP contribution is 2.27. The van der Waals surface area contributed by atoms with Gasteiger partial charge in [-0.2, -0.15) is 0 Å². The van der Waals surface area contributed by atoms with Crippen molar-refractivity contribution in [3.05, 3.63) is 45.7 Å². The third-order valence-electron chi connectivity index (χ3n) is 2.85. The first kappa shape index (κ1) is 15.4. The third kappa shape index (κ3) is 3.58. The lowest BCUT2D eigenvalue weighted by Crippen LogP contribution is -2.11. The van der Waals surface area contributed by atoms with E-state index in [1.807, 2.05) is 11.4 Å². The molecule has 0 unspecified atom stereocenters. The summed E-state index contributed by atoms with van der Waals surface area (Å²) in [5.74, 6) is -0.0357. The van der Waals surface area contributed by atoms with Crippen molar-refractivity contribution in [2.45, 2.75) is 38.1 Å². The molecule has 0 saturated carbocycles. The molecule has 0 radical (unpaired) electrons. The lowest BCUT2D eigenvalue weighted by Gasteiger charge is -2.14. The van der Waals surface area contributed by atoms with Crippen LogP contribution < -0.4 is 4.74 Å². The summed E-state index contributed by atoms with van der Waals surface area (Å²) in [5, 5.41) is 3.45. The molecule has 1 aromatic heterocycles. The van der Waals surface area contributed by atoms with Gasteiger partial charge >= 0.3 is 0 Å². The standard InChI is InChI=1S/C15H17BrFNOS/c1-15(2,3)12-9-20-13(18-12)8-19-14-10(7-16)5-4-6-11(14)17/h4-6,9H,7-8H2,1-3H3. The summed E-state index contributed by atoms with van der Waals surface area (Å²) in [5.41, 5.74) is 1.86. The molecule has 1 heterocycles. The summed E-state index contributed by atoms with van der Waals surface area (Å²) >= 11 is 4.88. The smallest absolute Gasteiger partial charge is 0.165 e. The first-order valence-electron chi connectivity index (χ1n) is 6.33. The van der Waals surface area contributed by atoms with Crippen LogP contribution in [0.2, 0.25) is 0 Å². The highest BCUT2D eigenvalue weighted by molar-refractivity contribution is 9.08. The number of nitrogens with zero attached hydrogens (tertiary/aromatic N) is 1. The van der Waals surface area contributed by atoms with Gasteiger partial charge in [0.1, 0.15) is 11.6 Å². The zero-order valence-corrected chi connectivity index (χ0v) is 14.1. The number of hydrogen-bond acceptors (Lipinski definition) is 3. The molecule has 0 amide bonds. The minimum atomic E-state index is -0.338. The Morgan fingerprint density at radius 2 is 2.10 bits per heavy atom. The molecule has 0 spiro atoms. The van der Waals surface area contributed by atoms with E-state index in [-0.39, 0.29) is 11.2 Å². The molecule has 0 fully saturated rings. The summed E-state index contributed by atoms with van der Waals surface area (Å²) < 4.78 is 19.4. The van der Waals surface area contributed by atoms with Crippen molar-refractivity contribution in [2.75, 3.05) is 0 Å². The maximum atomic E-state index is 13.8. The van der Waals surface area contributed by atoms with E-state index in [0.29, 0.717) is 17.7 Å². The van der Waals surface area contributed by atoms with Crippen molar-refractivity contribution in [1.82, 2.24) is 4.98 Å².